The minimum atomic E-state index is -0.415. The predicted molar refractivity (Wildman–Crippen MR) is 125 cm³/mol. The molecule has 1 heterocycles. The van der Waals surface area contributed by atoms with Crippen LogP contribution in [0.15, 0.2) is 48.8 Å². The highest BCUT2D eigenvalue weighted by Gasteiger charge is 2.07. The van der Waals surface area contributed by atoms with Crippen LogP contribution in [0.1, 0.15) is 71.3 Å². The Morgan fingerprint density at radius 3 is 2.38 bits per heavy atom. The van der Waals surface area contributed by atoms with Gasteiger partial charge in [0.05, 0.1) is 18.5 Å². The van der Waals surface area contributed by atoms with Gasteiger partial charge in [0.2, 0.25) is 0 Å². The van der Waals surface area contributed by atoms with Gasteiger partial charge in [-0.15, -0.1) is 0 Å². The Morgan fingerprint density at radius 1 is 1.03 bits per heavy atom. The van der Waals surface area contributed by atoms with Crippen LogP contribution in [0.5, 0.6) is 5.75 Å². The highest BCUT2D eigenvalue weighted by molar-refractivity contribution is 5.83. The van der Waals surface area contributed by atoms with Crippen molar-refractivity contribution in [3.63, 3.8) is 0 Å². The van der Waals surface area contributed by atoms with Crippen molar-refractivity contribution in [3.8, 4) is 17.1 Å². The Hall–Kier alpha value is -3.02. The highest BCUT2D eigenvalue weighted by Crippen LogP contribution is 2.18. The first-order valence-electron chi connectivity index (χ1n) is 11.4. The molecule has 0 aliphatic heterocycles. The molecule has 0 bridgehead atoms. The summed E-state index contributed by atoms with van der Waals surface area (Å²) >= 11 is 0. The van der Waals surface area contributed by atoms with E-state index in [1.54, 1.807) is 0 Å². The number of aromatic nitrogens is 2. The quantitative estimate of drug-likeness (QED) is 0.222. The first-order valence-corrected chi connectivity index (χ1v) is 11.4. The van der Waals surface area contributed by atoms with Gasteiger partial charge >= 0.3 is 11.9 Å². The average molecular weight is 439 g/mol. The van der Waals surface area contributed by atoms with Gasteiger partial charge in [0.25, 0.3) is 0 Å². The topological polar surface area (TPSA) is 78.4 Å². The molecule has 1 unspecified atom stereocenters. The second-order valence-electron chi connectivity index (χ2n) is 7.92. The number of nitrogens with zero attached hydrogens (tertiary/aromatic N) is 2. The van der Waals surface area contributed by atoms with Crippen LogP contribution in [-0.2, 0) is 20.7 Å². The molecule has 1 atom stereocenters. The van der Waals surface area contributed by atoms with Crippen molar-refractivity contribution in [3.05, 3.63) is 54.4 Å². The van der Waals surface area contributed by atoms with E-state index in [9.17, 15) is 9.59 Å². The van der Waals surface area contributed by atoms with Crippen LogP contribution in [0.25, 0.3) is 11.4 Å². The number of ether oxygens (including phenoxy) is 2. The largest absolute Gasteiger partial charge is 0.463 e. The molecule has 0 saturated heterocycles. The van der Waals surface area contributed by atoms with Gasteiger partial charge in [-0.25, -0.2) is 14.8 Å². The summed E-state index contributed by atoms with van der Waals surface area (Å²) in [6.45, 7) is 5.51. The zero-order valence-electron chi connectivity index (χ0n) is 19.4. The van der Waals surface area contributed by atoms with E-state index in [1.807, 2.05) is 37.3 Å². The van der Waals surface area contributed by atoms with Crippen LogP contribution in [0.3, 0.4) is 0 Å². The third-order valence-corrected chi connectivity index (χ3v) is 4.99. The normalized spacial score (nSPS) is 12.0. The van der Waals surface area contributed by atoms with E-state index in [0.717, 1.165) is 36.8 Å². The van der Waals surface area contributed by atoms with Crippen LogP contribution < -0.4 is 4.74 Å². The Balaban J connectivity index is 1.79. The van der Waals surface area contributed by atoms with Crippen molar-refractivity contribution in [2.75, 3.05) is 0 Å². The van der Waals surface area contributed by atoms with Gasteiger partial charge in [0.15, 0.2) is 11.6 Å². The number of hydrogen-bond acceptors (Lipinski definition) is 6. The summed E-state index contributed by atoms with van der Waals surface area (Å²) in [5.41, 5.74) is 2.03. The second-order valence-corrected chi connectivity index (χ2v) is 7.92. The Labute approximate surface area is 191 Å². The first-order chi connectivity index (χ1) is 15.5. The summed E-state index contributed by atoms with van der Waals surface area (Å²) in [6, 6.07) is 7.94. The third-order valence-electron chi connectivity index (χ3n) is 4.99. The number of aryl methyl sites for hydroxylation is 1. The number of hydrogen-bond donors (Lipinski definition) is 0. The second kappa shape index (κ2) is 14.1. The number of unbranched alkanes of at least 4 members (excludes halogenated alkanes) is 5. The van der Waals surface area contributed by atoms with E-state index in [1.165, 1.54) is 51.1 Å². The molecule has 0 N–H and O–H groups in total. The number of rotatable bonds is 13. The summed E-state index contributed by atoms with van der Waals surface area (Å²) in [4.78, 5) is 31.5. The van der Waals surface area contributed by atoms with Gasteiger partial charge in [0.1, 0.15) is 0 Å². The monoisotopic (exact) mass is 438 g/mol. The maximum atomic E-state index is 11.9. The molecule has 172 valence electrons. The van der Waals surface area contributed by atoms with Crippen LogP contribution in [0.4, 0.5) is 0 Å². The fourth-order valence-electron chi connectivity index (χ4n) is 3.25. The van der Waals surface area contributed by atoms with Gasteiger partial charge in [-0.3, -0.25) is 4.79 Å². The van der Waals surface area contributed by atoms with Crippen LogP contribution in [-0.4, -0.2) is 28.0 Å². The fraction of sp³-hybridized carbons (Fsp3) is 0.462. The molecule has 2 aromatic rings. The number of carbonyl (C=O) groups excluding carboxylic acids is 2. The lowest BCUT2D eigenvalue weighted by molar-refractivity contribution is -0.145. The van der Waals surface area contributed by atoms with E-state index < -0.39 is 5.97 Å². The molecule has 0 radical (unpaired) electrons. The van der Waals surface area contributed by atoms with Gasteiger partial charge in [-0.2, -0.15) is 0 Å². The lowest BCUT2D eigenvalue weighted by Crippen LogP contribution is -2.12. The van der Waals surface area contributed by atoms with Crippen molar-refractivity contribution >= 4 is 11.9 Å². The minimum Gasteiger partial charge on any atom is -0.463 e. The van der Waals surface area contributed by atoms with E-state index in [4.69, 9.17) is 9.47 Å². The van der Waals surface area contributed by atoms with Gasteiger partial charge in [-0.1, -0.05) is 62.9 Å². The predicted octanol–water partition coefficient (Wildman–Crippen LogP) is 5.85. The SMILES string of the molecule is CCCCCCC/C=C/C(=O)Oc1cnc(-c2ccc(CCC(C)OC(C)=O)cc2)nc1. The molecule has 2 rings (SSSR count). The molecule has 1 aromatic heterocycles. The van der Waals surface area contributed by atoms with Crippen molar-refractivity contribution in [1.82, 2.24) is 9.97 Å². The molecule has 32 heavy (non-hydrogen) atoms. The number of carbonyl (C=O) groups is 2. The number of allylic oxidation sites excluding steroid dienone is 1. The molecular weight excluding hydrogens is 404 g/mol. The van der Waals surface area contributed by atoms with Crippen LogP contribution in [0.2, 0.25) is 0 Å². The lowest BCUT2D eigenvalue weighted by Gasteiger charge is -2.11. The third kappa shape index (κ3) is 9.86. The molecule has 1 aromatic carbocycles. The number of esters is 2. The lowest BCUT2D eigenvalue weighted by atomic mass is 10.1. The van der Waals surface area contributed by atoms with Crippen LogP contribution >= 0.6 is 0 Å². The van der Waals surface area contributed by atoms with Crippen LogP contribution in [0, 0.1) is 0 Å². The smallest absolute Gasteiger partial charge is 0.335 e. The summed E-state index contributed by atoms with van der Waals surface area (Å²) in [5, 5.41) is 0. The molecule has 0 aliphatic rings. The van der Waals surface area contributed by atoms with Crippen molar-refractivity contribution in [1.29, 1.82) is 0 Å². The van der Waals surface area contributed by atoms with Gasteiger partial charge in [0, 0.05) is 18.6 Å². The van der Waals surface area contributed by atoms with Crippen molar-refractivity contribution < 1.29 is 19.1 Å². The fourth-order valence-corrected chi connectivity index (χ4v) is 3.25. The van der Waals surface area contributed by atoms with E-state index in [0.29, 0.717) is 11.6 Å². The van der Waals surface area contributed by atoms with Crippen molar-refractivity contribution in [2.45, 2.75) is 78.2 Å². The Kier molecular flexibility index (Phi) is 11.1. The molecular formula is C26H34N2O4. The van der Waals surface area contributed by atoms with Crippen molar-refractivity contribution in [2.24, 2.45) is 0 Å². The van der Waals surface area contributed by atoms with E-state index in [2.05, 4.69) is 16.9 Å². The van der Waals surface area contributed by atoms with Gasteiger partial charge in [-0.05, 0) is 38.2 Å². The average Bonchev–Trinajstić information content (AvgIpc) is 2.77. The summed E-state index contributed by atoms with van der Waals surface area (Å²) < 4.78 is 10.4. The molecule has 0 spiro atoms. The maximum Gasteiger partial charge on any atom is 0.335 e. The molecule has 6 heteroatoms. The molecule has 0 fully saturated rings. The minimum absolute atomic E-state index is 0.105. The molecule has 0 aliphatic carbocycles. The number of benzene rings is 1. The Bertz CT molecular complexity index is 860. The zero-order valence-corrected chi connectivity index (χ0v) is 19.4. The molecule has 0 saturated carbocycles. The summed E-state index contributed by atoms with van der Waals surface area (Å²) in [6.07, 6.45) is 14.7. The first kappa shape index (κ1) is 25.2. The molecule has 0 amide bonds. The highest BCUT2D eigenvalue weighted by atomic mass is 16.5. The summed E-state index contributed by atoms with van der Waals surface area (Å²) in [7, 11) is 0. The Morgan fingerprint density at radius 2 is 1.72 bits per heavy atom. The van der Waals surface area contributed by atoms with E-state index in [-0.39, 0.29) is 12.1 Å². The zero-order chi connectivity index (χ0) is 23.2. The van der Waals surface area contributed by atoms with E-state index >= 15 is 0 Å². The standard InChI is InChI=1S/C26H34N2O4/c1-4-5-6-7-8-9-10-11-25(30)32-24-18-27-26(28-19-24)23-16-14-22(15-17-23)13-12-20(2)31-21(3)29/h10-11,14-20H,4-9,12-13H2,1-3H3/b11-10+. The molecule has 6 nitrogen and oxygen atoms in total. The summed E-state index contributed by atoms with van der Waals surface area (Å²) in [5.74, 6) is 0.213. The van der Waals surface area contributed by atoms with Gasteiger partial charge < -0.3 is 9.47 Å². The maximum absolute atomic E-state index is 11.9.